The Balaban J connectivity index is 1.42. The highest BCUT2D eigenvalue weighted by molar-refractivity contribution is 7.87. The molecule has 0 N–H and O–H groups in total. The zero-order valence-corrected chi connectivity index (χ0v) is 22.1. The molecule has 7 nitrogen and oxygen atoms in total. The third-order valence-electron chi connectivity index (χ3n) is 8.78. The number of aryl methyl sites for hydroxylation is 1. The Hall–Kier alpha value is -2.74. The van der Waals surface area contributed by atoms with Gasteiger partial charge in [-0.25, -0.2) is 0 Å². The number of hydrogen-bond donors (Lipinski definition) is 0. The monoisotopic (exact) mass is 514 g/mol. The molecule has 2 aromatic rings. The predicted octanol–water partition coefficient (Wildman–Crippen LogP) is 5.26. The number of methoxy groups -OCH3 is 2. The van der Waals surface area contributed by atoms with Crippen molar-refractivity contribution in [3.8, 4) is 17.2 Å². The van der Waals surface area contributed by atoms with Gasteiger partial charge in [0.05, 0.1) is 14.2 Å². The van der Waals surface area contributed by atoms with Crippen LogP contribution in [0, 0.1) is 17.3 Å². The SMILES string of the molecule is COc1ccc(S(=O)(=O)Oc2cc3c(cc2OC)C2CCC4(C)C(OC(C)=O)CCC4C2CC3)cc1. The Morgan fingerprint density at radius 2 is 1.72 bits per heavy atom. The van der Waals surface area contributed by atoms with Gasteiger partial charge in [-0.2, -0.15) is 8.42 Å². The molecule has 0 heterocycles. The summed E-state index contributed by atoms with van der Waals surface area (Å²) >= 11 is 0. The van der Waals surface area contributed by atoms with Crippen LogP contribution in [0.3, 0.4) is 0 Å². The molecular weight excluding hydrogens is 480 g/mol. The van der Waals surface area contributed by atoms with E-state index in [9.17, 15) is 13.2 Å². The van der Waals surface area contributed by atoms with Gasteiger partial charge < -0.3 is 18.4 Å². The number of carbonyl (C=O) groups excluding carboxylic acids is 1. The van der Waals surface area contributed by atoms with Crippen LogP contribution in [-0.2, 0) is 26.1 Å². The minimum atomic E-state index is -4.03. The van der Waals surface area contributed by atoms with Gasteiger partial charge in [0.2, 0.25) is 0 Å². The van der Waals surface area contributed by atoms with E-state index < -0.39 is 10.1 Å². The molecule has 0 bridgehead atoms. The van der Waals surface area contributed by atoms with Gasteiger partial charge in [0.1, 0.15) is 16.7 Å². The van der Waals surface area contributed by atoms with Gasteiger partial charge in [-0.05, 0) is 104 Å². The van der Waals surface area contributed by atoms with Crippen molar-refractivity contribution in [2.45, 2.75) is 69.3 Å². The molecule has 3 aliphatic rings. The number of carbonyl (C=O) groups is 1. The molecule has 194 valence electrons. The van der Waals surface area contributed by atoms with E-state index >= 15 is 0 Å². The number of benzene rings is 2. The summed E-state index contributed by atoms with van der Waals surface area (Å²) < 4.78 is 48.0. The molecule has 3 aliphatic carbocycles. The first-order valence-electron chi connectivity index (χ1n) is 12.6. The molecule has 0 saturated heterocycles. The van der Waals surface area contributed by atoms with Gasteiger partial charge in [-0.15, -0.1) is 0 Å². The van der Waals surface area contributed by atoms with E-state index in [4.69, 9.17) is 18.4 Å². The second-order valence-electron chi connectivity index (χ2n) is 10.6. The number of esters is 1. The molecule has 5 unspecified atom stereocenters. The number of fused-ring (bicyclic) bond motifs is 5. The molecule has 8 heteroatoms. The lowest BCUT2D eigenvalue weighted by Gasteiger charge is -2.50. The zero-order valence-electron chi connectivity index (χ0n) is 21.3. The molecule has 36 heavy (non-hydrogen) atoms. The van der Waals surface area contributed by atoms with Crippen molar-refractivity contribution in [1.29, 1.82) is 0 Å². The number of rotatable bonds is 6. The Kier molecular flexibility index (Phi) is 6.43. The molecule has 5 atom stereocenters. The maximum Gasteiger partial charge on any atom is 0.339 e. The Labute approximate surface area is 213 Å². The van der Waals surface area contributed by atoms with Gasteiger partial charge in [0.15, 0.2) is 11.5 Å². The first-order chi connectivity index (χ1) is 17.2. The highest BCUT2D eigenvalue weighted by atomic mass is 32.2. The second kappa shape index (κ2) is 9.29. The average molecular weight is 515 g/mol. The van der Waals surface area contributed by atoms with E-state index in [1.807, 2.05) is 12.1 Å². The summed E-state index contributed by atoms with van der Waals surface area (Å²) in [6, 6.07) is 9.93. The summed E-state index contributed by atoms with van der Waals surface area (Å²) in [5.41, 5.74) is 2.37. The van der Waals surface area contributed by atoms with Gasteiger partial charge in [0, 0.05) is 12.3 Å². The summed E-state index contributed by atoms with van der Waals surface area (Å²) in [7, 11) is -0.970. The average Bonchev–Trinajstić information content (AvgIpc) is 3.18. The molecule has 2 saturated carbocycles. The molecule has 2 fully saturated rings. The van der Waals surface area contributed by atoms with Crippen LogP contribution in [0.25, 0.3) is 0 Å². The highest BCUT2D eigenvalue weighted by Gasteiger charge is 2.56. The fourth-order valence-electron chi connectivity index (χ4n) is 7.06. The van der Waals surface area contributed by atoms with Crippen molar-refractivity contribution in [2.75, 3.05) is 14.2 Å². The zero-order chi connectivity index (χ0) is 25.7. The van der Waals surface area contributed by atoms with Crippen LogP contribution in [0.1, 0.15) is 63.0 Å². The van der Waals surface area contributed by atoms with Gasteiger partial charge in [-0.1, -0.05) is 6.92 Å². The van der Waals surface area contributed by atoms with Gasteiger partial charge in [0.25, 0.3) is 0 Å². The molecule has 2 aromatic carbocycles. The molecule has 0 amide bonds. The van der Waals surface area contributed by atoms with Crippen LogP contribution in [0.5, 0.6) is 17.2 Å². The van der Waals surface area contributed by atoms with Crippen LogP contribution in [0.15, 0.2) is 41.3 Å². The summed E-state index contributed by atoms with van der Waals surface area (Å²) in [4.78, 5) is 11.7. The lowest BCUT2D eigenvalue weighted by molar-refractivity contribution is -0.154. The number of hydrogen-bond acceptors (Lipinski definition) is 7. The van der Waals surface area contributed by atoms with E-state index in [1.54, 1.807) is 12.1 Å². The fourth-order valence-corrected chi connectivity index (χ4v) is 7.99. The van der Waals surface area contributed by atoms with Crippen LogP contribution in [-0.4, -0.2) is 34.7 Å². The van der Waals surface area contributed by atoms with E-state index in [0.717, 1.165) is 44.1 Å². The summed E-state index contributed by atoms with van der Waals surface area (Å²) in [6.07, 6.45) is 5.89. The summed E-state index contributed by atoms with van der Waals surface area (Å²) in [5.74, 6) is 2.40. The van der Waals surface area contributed by atoms with E-state index in [1.165, 1.54) is 38.8 Å². The van der Waals surface area contributed by atoms with Gasteiger partial charge in [-0.3, -0.25) is 4.79 Å². The molecule has 0 aromatic heterocycles. The van der Waals surface area contributed by atoms with Crippen molar-refractivity contribution in [1.82, 2.24) is 0 Å². The van der Waals surface area contributed by atoms with Crippen LogP contribution >= 0.6 is 0 Å². The quantitative estimate of drug-likeness (QED) is 0.384. The lowest BCUT2D eigenvalue weighted by Crippen LogP contribution is -2.45. The van der Waals surface area contributed by atoms with Crippen LogP contribution in [0.2, 0.25) is 0 Å². The maximum atomic E-state index is 13.0. The van der Waals surface area contributed by atoms with Crippen molar-refractivity contribution < 1.29 is 31.6 Å². The first kappa shape index (κ1) is 24.9. The topological polar surface area (TPSA) is 88.1 Å². The normalized spacial score (nSPS) is 28.9. The van der Waals surface area contributed by atoms with Gasteiger partial charge >= 0.3 is 16.1 Å². The molecule has 0 radical (unpaired) electrons. The highest BCUT2D eigenvalue weighted by Crippen LogP contribution is 2.62. The Morgan fingerprint density at radius 3 is 2.39 bits per heavy atom. The third-order valence-corrected chi connectivity index (χ3v) is 10.0. The molecule has 0 aliphatic heterocycles. The smallest absolute Gasteiger partial charge is 0.339 e. The Bertz CT molecular complexity index is 1250. The standard InChI is InChI=1S/C28H34O7S/c1-17(29)34-27-12-11-24-22-10-5-18-15-26(35-36(30,31)20-8-6-19(32-3)7-9-20)25(33-4)16-23(18)21(22)13-14-28(24,27)2/h6-9,15-16,21-22,24,27H,5,10-14H2,1-4H3. The summed E-state index contributed by atoms with van der Waals surface area (Å²) in [6.45, 7) is 3.80. The largest absolute Gasteiger partial charge is 0.497 e. The fraction of sp³-hybridized carbons (Fsp3) is 0.536. The van der Waals surface area contributed by atoms with Crippen molar-refractivity contribution in [3.63, 3.8) is 0 Å². The predicted molar refractivity (Wildman–Crippen MR) is 134 cm³/mol. The summed E-state index contributed by atoms with van der Waals surface area (Å²) in [5, 5.41) is 0. The minimum Gasteiger partial charge on any atom is -0.497 e. The number of ether oxygens (including phenoxy) is 3. The second-order valence-corrected chi connectivity index (χ2v) is 12.1. The van der Waals surface area contributed by atoms with E-state index in [-0.39, 0.29) is 28.1 Å². The van der Waals surface area contributed by atoms with Crippen molar-refractivity contribution in [3.05, 3.63) is 47.5 Å². The van der Waals surface area contributed by atoms with E-state index in [2.05, 4.69) is 6.92 Å². The molecule has 5 rings (SSSR count). The van der Waals surface area contributed by atoms with Crippen LogP contribution < -0.4 is 13.7 Å². The van der Waals surface area contributed by atoms with E-state index in [0.29, 0.717) is 29.3 Å². The first-order valence-corrected chi connectivity index (χ1v) is 14.0. The Morgan fingerprint density at radius 1 is 0.972 bits per heavy atom. The minimum absolute atomic E-state index is 0.00387. The lowest BCUT2D eigenvalue weighted by atomic mass is 9.55. The van der Waals surface area contributed by atoms with Crippen LogP contribution in [0.4, 0.5) is 0 Å². The third kappa shape index (κ3) is 4.23. The van der Waals surface area contributed by atoms with Crippen molar-refractivity contribution in [2.24, 2.45) is 17.3 Å². The maximum absolute atomic E-state index is 13.0. The molecule has 0 spiro atoms. The van der Waals surface area contributed by atoms with Crippen molar-refractivity contribution >= 4 is 16.1 Å². The molecular formula is C28H34O7S.